The van der Waals surface area contributed by atoms with Crippen LogP contribution in [0, 0.1) is 0 Å². The van der Waals surface area contributed by atoms with Crippen LogP contribution in [0.2, 0.25) is 10.0 Å². The van der Waals surface area contributed by atoms with Crippen molar-refractivity contribution in [2.24, 2.45) is 14.1 Å². The molecule has 2 aromatic rings. The summed E-state index contributed by atoms with van der Waals surface area (Å²) in [5.74, 6) is -0.212. The number of hydrogen-bond donors (Lipinski definition) is 1. The molecule has 0 unspecified atom stereocenters. The lowest BCUT2D eigenvalue weighted by Crippen LogP contribution is -2.24. The number of halogens is 6. The molecule has 2 rings (SSSR count). The monoisotopic (exact) mass is 371 g/mol. The van der Waals surface area contributed by atoms with E-state index in [9.17, 15) is 22.1 Å². The topological polar surface area (TPSA) is 37.9 Å². The third kappa shape index (κ3) is 7.38. The van der Waals surface area contributed by atoms with Gasteiger partial charge in [0, 0.05) is 15.7 Å². The average molecular weight is 372 g/mol. The number of benzene rings is 1. The van der Waals surface area contributed by atoms with Crippen LogP contribution in [0.3, 0.4) is 0 Å². The van der Waals surface area contributed by atoms with Gasteiger partial charge in [0.2, 0.25) is 12.0 Å². The highest BCUT2D eigenvalue weighted by atomic mass is 35.5. The molecule has 0 fully saturated rings. The number of nitrogens with one attached hydrogen (secondary N) is 1. The number of anilines is 1. The third-order valence-electron chi connectivity index (χ3n) is 2.41. The zero-order valence-electron chi connectivity index (χ0n) is 12.0. The zero-order valence-corrected chi connectivity index (χ0v) is 13.5. The molecule has 0 bridgehead atoms. The van der Waals surface area contributed by atoms with E-state index in [4.69, 9.17) is 23.2 Å². The molecule has 0 saturated carbocycles. The number of carbonyl (C=O) groups is 1. The molecule has 0 saturated heterocycles. The van der Waals surface area contributed by atoms with E-state index in [0.29, 0.717) is 21.4 Å². The molecular formula is C12H12BCl2F4N3O. The first kappa shape index (κ1) is 19.3. The van der Waals surface area contributed by atoms with Crippen molar-refractivity contribution in [1.29, 1.82) is 0 Å². The maximum Gasteiger partial charge on any atom is 0.673 e. The summed E-state index contributed by atoms with van der Waals surface area (Å²) >= 11 is 11.7. The van der Waals surface area contributed by atoms with E-state index in [1.807, 2.05) is 7.05 Å². The van der Waals surface area contributed by atoms with Gasteiger partial charge < -0.3 is 22.6 Å². The molecule has 0 aliphatic heterocycles. The second-order valence-corrected chi connectivity index (χ2v) is 5.39. The molecule has 0 radical (unpaired) electrons. The van der Waals surface area contributed by atoms with Gasteiger partial charge >= 0.3 is 7.25 Å². The minimum atomic E-state index is -6.00. The fraction of sp³-hybridized carbons (Fsp3) is 0.167. The second kappa shape index (κ2) is 7.69. The predicted molar refractivity (Wildman–Crippen MR) is 81.2 cm³/mol. The van der Waals surface area contributed by atoms with Crippen molar-refractivity contribution < 1.29 is 26.6 Å². The molecule has 1 aromatic heterocycles. The minimum Gasteiger partial charge on any atom is -0.418 e. The Kier molecular flexibility index (Phi) is 6.46. The van der Waals surface area contributed by atoms with Gasteiger partial charge in [0.05, 0.1) is 14.1 Å². The molecule has 4 nitrogen and oxygen atoms in total. The van der Waals surface area contributed by atoms with E-state index in [0.717, 1.165) is 0 Å². The highest BCUT2D eigenvalue weighted by Gasteiger charge is 2.20. The summed E-state index contributed by atoms with van der Waals surface area (Å²) in [6.45, 7) is 0. The van der Waals surface area contributed by atoms with Crippen molar-refractivity contribution in [3.63, 3.8) is 0 Å². The standard InChI is InChI=1S/C12H11Cl2N3O.BF4/c1-16-6-11(17(2)7-16)12(18)15-10-4-8(13)3-9(14)5-10;2-1(3,4)5/h3-7H,1-2H3;/q;-1/p+1. The quantitative estimate of drug-likeness (QED) is 0.487. The average Bonchev–Trinajstić information content (AvgIpc) is 2.64. The Morgan fingerprint density at radius 1 is 1.17 bits per heavy atom. The summed E-state index contributed by atoms with van der Waals surface area (Å²) < 4.78 is 42.5. The molecule has 0 atom stereocenters. The van der Waals surface area contributed by atoms with E-state index in [2.05, 4.69) is 5.32 Å². The summed E-state index contributed by atoms with van der Waals surface area (Å²) in [5, 5.41) is 3.72. The molecule has 0 spiro atoms. The largest absolute Gasteiger partial charge is 0.673 e. The van der Waals surface area contributed by atoms with Crippen LogP contribution in [-0.4, -0.2) is 17.7 Å². The lowest BCUT2D eigenvalue weighted by molar-refractivity contribution is -0.671. The van der Waals surface area contributed by atoms with Crippen LogP contribution in [0.5, 0.6) is 0 Å². The van der Waals surface area contributed by atoms with Crippen LogP contribution in [-0.2, 0) is 14.1 Å². The first-order valence-electron chi connectivity index (χ1n) is 6.12. The van der Waals surface area contributed by atoms with Gasteiger partial charge in [-0.25, -0.2) is 9.13 Å². The van der Waals surface area contributed by atoms with Crippen LogP contribution in [0.15, 0.2) is 30.7 Å². The normalized spacial score (nSPS) is 10.8. The van der Waals surface area contributed by atoms with Crippen LogP contribution in [0.1, 0.15) is 10.5 Å². The van der Waals surface area contributed by atoms with Crippen molar-refractivity contribution in [1.82, 2.24) is 4.57 Å². The van der Waals surface area contributed by atoms with E-state index in [-0.39, 0.29) is 5.91 Å². The summed E-state index contributed by atoms with van der Waals surface area (Å²) in [7, 11) is -2.34. The van der Waals surface area contributed by atoms with E-state index < -0.39 is 7.25 Å². The Morgan fingerprint density at radius 2 is 1.65 bits per heavy atom. The number of aryl methyl sites for hydroxylation is 2. The summed E-state index contributed by atoms with van der Waals surface area (Å²) in [6, 6.07) is 4.91. The minimum absolute atomic E-state index is 0.212. The summed E-state index contributed by atoms with van der Waals surface area (Å²) in [5.41, 5.74) is 1.12. The van der Waals surface area contributed by atoms with Crippen molar-refractivity contribution in [2.45, 2.75) is 0 Å². The van der Waals surface area contributed by atoms with Gasteiger partial charge in [-0.05, 0) is 18.2 Å². The Labute approximate surface area is 139 Å². The van der Waals surface area contributed by atoms with Gasteiger partial charge in [-0.2, -0.15) is 0 Å². The van der Waals surface area contributed by atoms with Gasteiger partial charge in [0.15, 0.2) is 0 Å². The SMILES string of the molecule is Cn1c[n+](C)cc1C(=O)Nc1cc(Cl)cc(Cl)c1.F[B-](F)(F)F. The second-order valence-electron chi connectivity index (χ2n) is 4.51. The first-order chi connectivity index (χ1) is 10.5. The maximum atomic E-state index is 12.0. The van der Waals surface area contributed by atoms with Gasteiger partial charge in [-0.3, -0.25) is 4.79 Å². The van der Waals surface area contributed by atoms with Crippen molar-refractivity contribution in [3.8, 4) is 0 Å². The smallest absolute Gasteiger partial charge is 0.418 e. The van der Waals surface area contributed by atoms with Crippen LogP contribution in [0.25, 0.3) is 0 Å². The number of carbonyl (C=O) groups excluding carboxylic acids is 1. The van der Waals surface area contributed by atoms with E-state index in [1.54, 1.807) is 46.9 Å². The fourth-order valence-corrected chi connectivity index (χ4v) is 2.22. The summed E-state index contributed by atoms with van der Waals surface area (Å²) in [6.07, 6.45) is 3.54. The molecule has 23 heavy (non-hydrogen) atoms. The van der Waals surface area contributed by atoms with E-state index >= 15 is 0 Å². The molecule has 11 heteroatoms. The molecule has 1 heterocycles. The molecule has 1 N–H and O–H groups in total. The number of rotatable bonds is 2. The number of amides is 1. The number of hydrogen-bond acceptors (Lipinski definition) is 1. The summed E-state index contributed by atoms with van der Waals surface area (Å²) in [4.78, 5) is 12.0. The lowest BCUT2D eigenvalue weighted by atomic mass is 10.3. The Hall–Kier alpha value is -1.74. The van der Waals surface area contributed by atoms with Crippen LogP contribution >= 0.6 is 23.2 Å². The number of aromatic nitrogens is 2. The Bertz CT molecular complexity index is 680. The van der Waals surface area contributed by atoms with Gasteiger partial charge in [-0.15, -0.1) is 0 Å². The van der Waals surface area contributed by atoms with Gasteiger partial charge in [0.25, 0.3) is 5.91 Å². The fourth-order valence-electron chi connectivity index (χ4n) is 1.69. The number of nitrogens with zero attached hydrogens (tertiary/aromatic N) is 2. The Balaban J connectivity index is 0.000000463. The maximum absolute atomic E-state index is 12.0. The van der Waals surface area contributed by atoms with Crippen LogP contribution in [0.4, 0.5) is 23.0 Å². The Morgan fingerprint density at radius 3 is 2.04 bits per heavy atom. The predicted octanol–water partition coefficient (Wildman–Crippen LogP) is 3.71. The third-order valence-corrected chi connectivity index (χ3v) is 2.85. The molecule has 0 aliphatic carbocycles. The van der Waals surface area contributed by atoms with Crippen molar-refractivity contribution in [2.75, 3.05) is 5.32 Å². The van der Waals surface area contributed by atoms with E-state index in [1.165, 1.54) is 0 Å². The van der Waals surface area contributed by atoms with Crippen molar-refractivity contribution in [3.05, 3.63) is 46.5 Å². The van der Waals surface area contributed by atoms with Gasteiger partial charge in [-0.1, -0.05) is 23.2 Å². The molecule has 0 aliphatic rings. The highest BCUT2D eigenvalue weighted by Crippen LogP contribution is 2.22. The molecule has 126 valence electrons. The number of imidazole rings is 1. The van der Waals surface area contributed by atoms with Crippen molar-refractivity contribution >= 4 is 42.1 Å². The first-order valence-corrected chi connectivity index (χ1v) is 6.87. The highest BCUT2D eigenvalue weighted by molar-refractivity contribution is 6.50. The molecular weight excluding hydrogens is 360 g/mol. The molecule has 1 amide bonds. The van der Waals surface area contributed by atoms with Gasteiger partial charge in [0.1, 0.15) is 6.20 Å². The lowest BCUT2D eigenvalue weighted by Gasteiger charge is -2.04. The molecule has 1 aromatic carbocycles. The van der Waals surface area contributed by atoms with Crippen LogP contribution < -0.4 is 9.88 Å². The zero-order chi connectivity index (χ0) is 17.8.